The molecule has 12 heteroatoms. The molecule has 1 aliphatic rings. The van der Waals surface area contributed by atoms with Crippen LogP contribution >= 0.6 is 175 Å². The van der Waals surface area contributed by atoms with Gasteiger partial charge < -0.3 is 5.11 Å². The number of rotatable bonds is 0. The SMILES string of the molecule is OC1(Br)C(Br)(Br)C(Br)(Br)C(Br)(Br)C(Br)(Br)C1(Br)Br. The van der Waals surface area contributed by atoms with E-state index in [1.165, 1.54) is 0 Å². The highest BCUT2D eigenvalue weighted by molar-refractivity contribution is 9.36. The number of hydrogen-bond donors (Lipinski definition) is 1. The lowest BCUT2D eigenvalue weighted by atomic mass is 9.96. The van der Waals surface area contributed by atoms with Crippen LogP contribution in [-0.4, -0.2) is 25.8 Å². The van der Waals surface area contributed by atoms with Gasteiger partial charge >= 0.3 is 0 Å². The average Bonchev–Trinajstić information content (AvgIpc) is 2.14. The van der Waals surface area contributed by atoms with Crippen LogP contribution in [0.4, 0.5) is 0 Å². The van der Waals surface area contributed by atoms with E-state index < -0.39 is 20.7 Å². The highest BCUT2D eigenvalue weighted by atomic mass is 79.9. The van der Waals surface area contributed by atoms with Gasteiger partial charge in [-0.15, -0.1) is 0 Å². The normalized spacial score (nSPS) is 34.0. The molecule has 0 aliphatic heterocycles. The second-order valence-electron chi connectivity index (χ2n) is 3.49. The summed E-state index contributed by atoms with van der Waals surface area (Å²) in [5, 5.41) is 10.9. The van der Waals surface area contributed by atoms with Gasteiger partial charge in [0.15, 0.2) is 4.51 Å². The number of alkyl halides is 11. The zero-order chi connectivity index (χ0) is 15.0. The molecule has 1 nitrogen and oxygen atoms in total. The van der Waals surface area contributed by atoms with E-state index >= 15 is 0 Å². The Morgan fingerprint density at radius 3 is 0.778 bits per heavy atom. The third-order valence-corrected chi connectivity index (χ3v) is 26.1. The van der Waals surface area contributed by atoms with Gasteiger partial charge in [0, 0.05) is 0 Å². The second-order valence-corrected chi connectivity index (χ2v) is 21.9. The largest absolute Gasteiger partial charge is 0.374 e. The summed E-state index contributed by atoms with van der Waals surface area (Å²) in [6, 6.07) is 0. The summed E-state index contributed by atoms with van der Waals surface area (Å²) in [6.45, 7) is 0. The van der Waals surface area contributed by atoms with Crippen LogP contribution in [0.1, 0.15) is 0 Å². The van der Waals surface area contributed by atoms with Crippen LogP contribution in [0, 0.1) is 0 Å². The Hall–Kier alpha value is 5.24. The van der Waals surface area contributed by atoms with Crippen LogP contribution in [0.15, 0.2) is 0 Å². The molecule has 0 atom stereocenters. The standard InChI is InChI=1S/C6HBr11O/c7-1(8)2(9,10)4(13,14)6(17,18)5(15,16)3(1,11)12/h18H. The summed E-state index contributed by atoms with van der Waals surface area (Å²) in [7, 11) is 0. The van der Waals surface area contributed by atoms with Crippen LogP contribution in [-0.2, 0) is 0 Å². The first kappa shape index (κ1) is 21.3. The van der Waals surface area contributed by atoms with Gasteiger partial charge in [-0.2, -0.15) is 0 Å². The maximum Gasteiger partial charge on any atom is 0.174 e. The molecule has 1 fully saturated rings. The van der Waals surface area contributed by atoms with Crippen molar-refractivity contribution in [1.29, 1.82) is 0 Å². The van der Waals surface area contributed by atoms with E-state index in [2.05, 4.69) is 175 Å². The molecule has 108 valence electrons. The maximum atomic E-state index is 10.9. The molecule has 0 aromatic rings. The predicted octanol–water partition coefficient (Wildman–Crippen LogP) is 7.51. The third-order valence-electron chi connectivity index (χ3n) is 2.41. The lowest BCUT2D eigenvalue weighted by Gasteiger charge is -2.64. The van der Waals surface area contributed by atoms with Gasteiger partial charge in [-0.3, -0.25) is 0 Å². The number of hydrogen-bond acceptors (Lipinski definition) is 1. The zero-order valence-corrected chi connectivity index (χ0v) is 25.1. The maximum absolute atomic E-state index is 10.9. The first-order chi connectivity index (χ1) is 7.50. The molecule has 0 bridgehead atoms. The van der Waals surface area contributed by atoms with E-state index in [0.29, 0.717) is 0 Å². The smallest absolute Gasteiger partial charge is 0.174 e. The van der Waals surface area contributed by atoms with Crippen LogP contribution in [0.3, 0.4) is 0 Å². The van der Waals surface area contributed by atoms with Crippen molar-refractivity contribution in [2.75, 3.05) is 0 Å². The average molecular weight is 968 g/mol. The predicted molar refractivity (Wildman–Crippen MR) is 117 cm³/mol. The first-order valence-corrected chi connectivity index (χ1v) is 12.5. The molecule has 1 saturated carbocycles. The molecule has 0 unspecified atom stereocenters. The summed E-state index contributed by atoms with van der Waals surface area (Å²) in [4.78, 5) is 0. The van der Waals surface area contributed by atoms with Crippen LogP contribution in [0.25, 0.3) is 0 Å². The van der Waals surface area contributed by atoms with Gasteiger partial charge in [0.1, 0.15) is 16.2 Å². The van der Waals surface area contributed by atoms with Gasteiger partial charge in [-0.25, -0.2) is 0 Å². The fourth-order valence-electron chi connectivity index (χ4n) is 1.20. The monoisotopic (exact) mass is 957 g/mol. The van der Waals surface area contributed by atoms with Crippen molar-refractivity contribution in [3.8, 4) is 0 Å². The highest BCUT2D eigenvalue weighted by Crippen LogP contribution is 2.81. The van der Waals surface area contributed by atoms with Crippen molar-refractivity contribution < 1.29 is 5.11 Å². The third kappa shape index (κ3) is 2.48. The van der Waals surface area contributed by atoms with Crippen LogP contribution in [0.2, 0.25) is 0 Å². The van der Waals surface area contributed by atoms with Gasteiger partial charge in [0.2, 0.25) is 0 Å². The molecule has 0 heterocycles. The number of halogens is 11. The lowest BCUT2D eigenvalue weighted by molar-refractivity contribution is 0.102. The Morgan fingerprint density at radius 2 is 0.556 bits per heavy atom. The fraction of sp³-hybridized carbons (Fsp3) is 1.00. The van der Waals surface area contributed by atoms with Crippen molar-refractivity contribution in [1.82, 2.24) is 0 Å². The van der Waals surface area contributed by atoms with Crippen molar-refractivity contribution in [2.45, 2.75) is 20.7 Å². The lowest BCUT2D eigenvalue weighted by Crippen LogP contribution is -2.78. The Labute approximate surface area is 197 Å². The zero-order valence-electron chi connectivity index (χ0n) is 7.60. The van der Waals surface area contributed by atoms with Crippen molar-refractivity contribution in [2.24, 2.45) is 0 Å². The second kappa shape index (κ2) is 5.90. The minimum Gasteiger partial charge on any atom is -0.374 e. The van der Waals surface area contributed by atoms with Gasteiger partial charge in [-0.1, -0.05) is 159 Å². The molecule has 0 radical (unpaired) electrons. The van der Waals surface area contributed by atoms with Crippen molar-refractivity contribution >= 4 is 175 Å². The van der Waals surface area contributed by atoms with E-state index in [1.807, 2.05) is 0 Å². The Balaban J connectivity index is 3.72. The fourth-order valence-corrected chi connectivity index (χ4v) is 13.0. The molecule has 0 aromatic heterocycles. The molecule has 0 saturated heterocycles. The van der Waals surface area contributed by atoms with Gasteiger partial charge in [0.25, 0.3) is 0 Å². The summed E-state index contributed by atoms with van der Waals surface area (Å²) < 4.78 is -6.04. The van der Waals surface area contributed by atoms with E-state index in [9.17, 15) is 5.11 Å². The van der Waals surface area contributed by atoms with Crippen LogP contribution in [0.5, 0.6) is 0 Å². The molecule has 1 aliphatic carbocycles. The van der Waals surface area contributed by atoms with E-state index in [1.54, 1.807) is 0 Å². The highest BCUT2D eigenvalue weighted by Gasteiger charge is 2.84. The van der Waals surface area contributed by atoms with Crippen LogP contribution < -0.4 is 0 Å². The molecular weight excluding hydrogens is 967 g/mol. The molecule has 1 rings (SSSR count). The Kier molecular flexibility index (Phi) is 6.98. The summed E-state index contributed by atoms with van der Waals surface area (Å²) in [6.07, 6.45) is 0. The summed E-state index contributed by atoms with van der Waals surface area (Å²) >= 11 is 38.9. The van der Waals surface area contributed by atoms with Crippen molar-refractivity contribution in [3.63, 3.8) is 0 Å². The summed E-state index contributed by atoms with van der Waals surface area (Å²) in [5.41, 5.74) is 0. The van der Waals surface area contributed by atoms with Gasteiger partial charge in [-0.05, 0) is 15.9 Å². The Bertz CT molecular complexity index is 253. The molecular formula is C6HBr11O. The van der Waals surface area contributed by atoms with E-state index in [4.69, 9.17) is 0 Å². The molecule has 18 heavy (non-hydrogen) atoms. The minimum absolute atomic E-state index is 0.792. The quantitative estimate of drug-likeness (QED) is 0.250. The topological polar surface area (TPSA) is 20.2 Å². The van der Waals surface area contributed by atoms with Crippen molar-refractivity contribution in [3.05, 3.63) is 0 Å². The minimum atomic E-state index is -1.47. The summed E-state index contributed by atoms with van der Waals surface area (Å²) in [5.74, 6) is 0. The van der Waals surface area contributed by atoms with E-state index in [0.717, 1.165) is 0 Å². The van der Waals surface area contributed by atoms with Gasteiger partial charge in [0.05, 0.1) is 0 Å². The number of aliphatic hydroxyl groups is 1. The first-order valence-electron chi connectivity index (χ1n) is 3.80. The van der Waals surface area contributed by atoms with E-state index in [-0.39, 0.29) is 0 Å². The Morgan fingerprint density at radius 1 is 0.389 bits per heavy atom. The molecule has 0 aromatic carbocycles. The molecule has 0 spiro atoms. The molecule has 1 N–H and O–H groups in total. The molecule has 0 amide bonds.